The molecule has 1 fully saturated rings. The second kappa shape index (κ2) is 5.00. The molecule has 94 valence electrons. The summed E-state index contributed by atoms with van der Waals surface area (Å²) in [5.74, 6) is 0.617. The summed E-state index contributed by atoms with van der Waals surface area (Å²) in [5.41, 5.74) is 1.03. The zero-order chi connectivity index (χ0) is 12.3. The molecule has 1 aromatic heterocycles. The second-order valence-corrected chi connectivity index (χ2v) is 5.61. The van der Waals surface area contributed by atoms with E-state index in [4.69, 9.17) is 4.74 Å². The van der Waals surface area contributed by atoms with Gasteiger partial charge in [0.25, 0.3) is 0 Å². The molecule has 1 aliphatic rings. The zero-order valence-corrected chi connectivity index (χ0v) is 10.9. The van der Waals surface area contributed by atoms with Crippen molar-refractivity contribution < 1.29 is 4.74 Å². The van der Waals surface area contributed by atoms with Crippen molar-refractivity contribution in [3.05, 3.63) is 17.8 Å². The quantitative estimate of drug-likeness (QED) is 0.869. The van der Waals surface area contributed by atoms with Crippen LogP contribution in [0, 0.1) is 0 Å². The SMILES string of the molecule is CC(C)(C)c1ccc(OCC2CCCN2)nn1. The third-order valence-corrected chi connectivity index (χ3v) is 3.00. The first-order valence-corrected chi connectivity index (χ1v) is 6.26. The Hall–Kier alpha value is -1.16. The van der Waals surface area contributed by atoms with Gasteiger partial charge in [-0.05, 0) is 25.5 Å². The minimum Gasteiger partial charge on any atom is -0.475 e. The van der Waals surface area contributed by atoms with Gasteiger partial charge >= 0.3 is 0 Å². The molecular weight excluding hydrogens is 214 g/mol. The van der Waals surface area contributed by atoms with Gasteiger partial charge in [0, 0.05) is 17.5 Å². The topological polar surface area (TPSA) is 47.0 Å². The van der Waals surface area contributed by atoms with Crippen LogP contribution in [0.2, 0.25) is 0 Å². The molecule has 1 N–H and O–H groups in total. The second-order valence-electron chi connectivity index (χ2n) is 5.61. The molecule has 0 radical (unpaired) electrons. The number of nitrogens with zero attached hydrogens (tertiary/aromatic N) is 2. The van der Waals surface area contributed by atoms with E-state index in [2.05, 4.69) is 36.3 Å². The zero-order valence-electron chi connectivity index (χ0n) is 10.9. The van der Waals surface area contributed by atoms with Gasteiger partial charge in [-0.2, -0.15) is 5.10 Å². The number of nitrogens with one attached hydrogen (secondary N) is 1. The highest BCUT2D eigenvalue weighted by atomic mass is 16.5. The van der Waals surface area contributed by atoms with Gasteiger partial charge in [0.05, 0.1) is 5.69 Å². The summed E-state index contributed by atoms with van der Waals surface area (Å²) < 4.78 is 5.62. The van der Waals surface area contributed by atoms with E-state index in [-0.39, 0.29) is 5.41 Å². The lowest BCUT2D eigenvalue weighted by Crippen LogP contribution is -2.28. The Morgan fingerprint density at radius 2 is 2.18 bits per heavy atom. The summed E-state index contributed by atoms with van der Waals surface area (Å²) in [6.07, 6.45) is 2.43. The predicted octanol–water partition coefficient (Wildman–Crippen LogP) is 1.90. The highest BCUT2D eigenvalue weighted by molar-refractivity contribution is 5.16. The lowest BCUT2D eigenvalue weighted by atomic mass is 9.92. The maximum Gasteiger partial charge on any atom is 0.233 e. The Morgan fingerprint density at radius 3 is 2.71 bits per heavy atom. The first kappa shape index (κ1) is 12.3. The average molecular weight is 235 g/mol. The first-order chi connectivity index (χ1) is 8.05. The van der Waals surface area contributed by atoms with E-state index < -0.39 is 0 Å². The minimum absolute atomic E-state index is 0.0402. The lowest BCUT2D eigenvalue weighted by Gasteiger charge is -2.17. The number of aromatic nitrogens is 2. The van der Waals surface area contributed by atoms with Gasteiger partial charge in [0.15, 0.2) is 0 Å². The molecule has 17 heavy (non-hydrogen) atoms. The molecule has 0 spiro atoms. The molecule has 2 rings (SSSR count). The van der Waals surface area contributed by atoms with Gasteiger partial charge in [0.1, 0.15) is 6.61 Å². The van der Waals surface area contributed by atoms with E-state index >= 15 is 0 Å². The van der Waals surface area contributed by atoms with Crippen LogP contribution in [-0.2, 0) is 5.41 Å². The van der Waals surface area contributed by atoms with Crippen molar-refractivity contribution in [2.24, 2.45) is 0 Å². The molecule has 4 heteroatoms. The van der Waals surface area contributed by atoms with Crippen LogP contribution in [0.1, 0.15) is 39.3 Å². The molecule has 1 aliphatic heterocycles. The van der Waals surface area contributed by atoms with Crippen LogP contribution in [-0.4, -0.2) is 29.4 Å². The summed E-state index contributed by atoms with van der Waals surface area (Å²) in [6, 6.07) is 4.37. The van der Waals surface area contributed by atoms with Gasteiger partial charge in [-0.3, -0.25) is 0 Å². The smallest absolute Gasteiger partial charge is 0.233 e. The number of ether oxygens (including phenoxy) is 1. The molecule has 1 atom stereocenters. The largest absolute Gasteiger partial charge is 0.475 e. The Morgan fingerprint density at radius 1 is 1.35 bits per heavy atom. The van der Waals surface area contributed by atoms with E-state index in [9.17, 15) is 0 Å². The Bertz CT molecular complexity index is 350. The molecule has 2 heterocycles. The Balaban J connectivity index is 1.89. The van der Waals surface area contributed by atoms with Gasteiger partial charge in [-0.15, -0.1) is 5.10 Å². The molecule has 4 nitrogen and oxygen atoms in total. The molecule has 0 aliphatic carbocycles. The van der Waals surface area contributed by atoms with Crippen LogP contribution in [0.15, 0.2) is 12.1 Å². The Labute approximate surface area is 103 Å². The Kier molecular flexibility index (Phi) is 3.62. The minimum atomic E-state index is 0.0402. The number of hydrogen-bond acceptors (Lipinski definition) is 4. The van der Waals surface area contributed by atoms with Crippen molar-refractivity contribution in [1.29, 1.82) is 0 Å². The number of hydrogen-bond donors (Lipinski definition) is 1. The summed E-state index contributed by atoms with van der Waals surface area (Å²) in [7, 11) is 0. The molecule has 0 saturated carbocycles. The highest BCUT2D eigenvalue weighted by Gasteiger charge is 2.17. The third-order valence-electron chi connectivity index (χ3n) is 3.00. The maximum atomic E-state index is 5.62. The van der Waals surface area contributed by atoms with Crippen LogP contribution < -0.4 is 10.1 Å². The lowest BCUT2D eigenvalue weighted by molar-refractivity contribution is 0.264. The molecular formula is C13H21N3O. The van der Waals surface area contributed by atoms with E-state index in [0.717, 1.165) is 12.2 Å². The standard InChI is InChI=1S/C13H21N3O/c1-13(2,3)11-6-7-12(16-15-11)17-9-10-5-4-8-14-10/h6-7,10,14H,4-5,8-9H2,1-3H3. The van der Waals surface area contributed by atoms with E-state index in [1.807, 2.05) is 12.1 Å². The van der Waals surface area contributed by atoms with Crippen LogP contribution in [0.25, 0.3) is 0 Å². The summed E-state index contributed by atoms with van der Waals surface area (Å²) >= 11 is 0. The molecule has 1 saturated heterocycles. The van der Waals surface area contributed by atoms with Gasteiger partial charge in [-0.25, -0.2) is 0 Å². The third kappa shape index (κ3) is 3.40. The van der Waals surface area contributed by atoms with Crippen molar-refractivity contribution in [2.45, 2.75) is 45.1 Å². The van der Waals surface area contributed by atoms with Crippen molar-refractivity contribution in [3.63, 3.8) is 0 Å². The highest BCUT2D eigenvalue weighted by Crippen LogP contribution is 2.20. The van der Waals surface area contributed by atoms with E-state index in [0.29, 0.717) is 18.5 Å². The van der Waals surface area contributed by atoms with Gasteiger partial charge in [0.2, 0.25) is 5.88 Å². The normalized spacial score (nSPS) is 20.5. The van der Waals surface area contributed by atoms with Crippen LogP contribution in [0.5, 0.6) is 5.88 Å². The van der Waals surface area contributed by atoms with Crippen molar-refractivity contribution in [2.75, 3.05) is 13.2 Å². The first-order valence-electron chi connectivity index (χ1n) is 6.26. The fraction of sp³-hybridized carbons (Fsp3) is 0.692. The maximum absolute atomic E-state index is 5.62. The molecule has 1 unspecified atom stereocenters. The summed E-state index contributed by atoms with van der Waals surface area (Å²) in [4.78, 5) is 0. The van der Waals surface area contributed by atoms with Crippen LogP contribution >= 0.6 is 0 Å². The molecule has 0 bridgehead atoms. The fourth-order valence-corrected chi connectivity index (χ4v) is 1.88. The van der Waals surface area contributed by atoms with Crippen LogP contribution in [0.3, 0.4) is 0 Å². The monoisotopic (exact) mass is 235 g/mol. The summed E-state index contributed by atoms with van der Waals surface area (Å²) in [5, 5.41) is 11.7. The molecule has 0 aromatic carbocycles. The van der Waals surface area contributed by atoms with E-state index in [1.165, 1.54) is 12.8 Å². The molecule has 1 aromatic rings. The van der Waals surface area contributed by atoms with Crippen molar-refractivity contribution in [3.8, 4) is 5.88 Å². The van der Waals surface area contributed by atoms with Crippen molar-refractivity contribution in [1.82, 2.24) is 15.5 Å². The molecule has 0 amide bonds. The number of rotatable bonds is 3. The van der Waals surface area contributed by atoms with Crippen molar-refractivity contribution >= 4 is 0 Å². The van der Waals surface area contributed by atoms with E-state index in [1.54, 1.807) is 0 Å². The van der Waals surface area contributed by atoms with Crippen LogP contribution in [0.4, 0.5) is 0 Å². The summed E-state index contributed by atoms with van der Waals surface area (Å²) in [6.45, 7) is 8.16. The van der Waals surface area contributed by atoms with Gasteiger partial charge < -0.3 is 10.1 Å². The fourth-order valence-electron chi connectivity index (χ4n) is 1.88. The average Bonchev–Trinajstić information content (AvgIpc) is 2.78. The van der Waals surface area contributed by atoms with Gasteiger partial charge in [-0.1, -0.05) is 20.8 Å². The predicted molar refractivity (Wildman–Crippen MR) is 67.3 cm³/mol.